The van der Waals surface area contributed by atoms with Crippen LogP contribution in [0.3, 0.4) is 0 Å². The molecule has 1 aromatic heterocycles. The third-order valence-corrected chi connectivity index (χ3v) is 2.85. The van der Waals surface area contributed by atoms with E-state index in [-0.39, 0.29) is 6.10 Å². The smallest absolute Gasteiger partial charge is 0.230 e. The van der Waals surface area contributed by atoms with Crippen LogP contribution in [0.25, 0.3) is 0 Å². The minimum absolute atomic E-state index is 0.0978. The molecule has 4 nitrogen and oxygen atoms in total. The Hall–Kier alpha value is -0.810. The molecule has 1 aliphatic heterocycles. The van der Waals surface area contributed by atoms with Crippen molar-refractivity contribution >= 4 is 21.6 Å². The fourth-order valence-corrected chi connectivity index (χ4v) is 1.61. The Morgan fingerprint density at radius 2 is 2.50 bits per heavy atom. The summed E-state index contributed by atoms with van der Waals surface area (Å²) in [5.74, 6) is 0.542. The third kappa shape index (κ3) is 1.99. The molecule has 1 unspecified atom stereocenters. The van der Waals surface area contributed by atoms with E-state index in [4.69, 9.17) is 15.2 Å². The van der Waals surface area contributed by atoms with Crippen LogP contribution in [0.5, 0.6) is 5.88 Å². The van der Waals surface area contributed by atoms with Crippen LogP contribution < -0.4 is 10.5 Å². The normalized spacial score (nSPS) is 21.1. The first kappa shape index (κ1) is 9.73. The van der Waals surface area contributed by atoms with E-state index >= 15 is 0 Å². The molecule has 0 aromatic carbocycles. The minimum Gasteiger partial charge on any atom is -0.471 e. The number of anilines is 1. The number of rotatable bonds is 2. The summed E-state index contributed by atoms with van der Waals surface area (Å²) in [4.78, 5) is 4.10. The Morgan fingerprint density at radius 1 is 1.64 bits per heavy atom. The van der Waals surface area contributed by atoms with Gasteiger partial charge in [0.05, 0.1) is 18.9 Å². The number of pyridine rings is 1. The summed E-state index contributed by atoms with van der Waals surface area (Å²) in [5.41, 5.74) is 6.33. The zero-order valence-corrected chi connectivity index (χ0v) is 9.16. The van der Waals surface area contributed by atoms with Crippen molar-refractivity contribution in [3.63, 3.8) is 0 Å². The summed E-state index contributed by atoms with van der Waals surface area (Å²) < 4.78 is 11.5. The van der Waals surface area contributed by atoms with Gasteiger partial charge >= 0.3 is 0 Å². The number of hydrogen-bond donors (Lipinski definition) is 1. The standard InChI is InChI=1S/C9H11BrN2O2/c10-8-7(11)1-3-12-9(8)14-6-2-4-13-5-6/h1,3,6H,2,4-5H2,(H2,11,12). The molecule has 1 aromatic rings. The molecule has 2 heterocycles. The second kappa shape index (κ2) is 4.14. The zero-order valence-electron chi connectivity index (χ0n) is 7.57. The lowest BCUT2D eigenvalue weighted by atomic mass is 10.3. The highest BCUT2D eigenvalue weighted by Gasteiger charge is 2.19. The molecule has 2 rings (SSSR count). The topological polar surface area (TPSA) is 57.4 Å². The van der Waals surface area contributed by atoms with E-state index in [0.717, 1.165) is 13.0 Å². The lowest BCUT2D eigenvalue weighted by Crippen LogP contribution is -2.16. The molecule has 2 N–H and O–H groups in total. The first-order chi connectivity index (χ1) is 6.77. The molecule has 14 heavy (non-hydrogen) atoms. The van der Waals surface area contributed by atoms with Gasteiger partial charge in [0.2, 0.25) is 5.88 Å². The lowest BCUT2D eigenvalue weighted by Gasteiger charge is -2.12. The molecule has 0 saturated carbocycles. The fourth-order valence-electron chi connectivity index (χ4n) is 1.28. The van der Waals surface area contributed by atoms with Crippen LogP contribution in [0.15, 0.2) is 16.7 Å². The van der Waals surface area contributed by atoms with Crippen molar-refractivity contribution in [3.05, 3.63) is 16.7 Å². The van der Waals surface area contributed by atoms with E-state index in [1.807, 2.05) is 0 Å². The monoisotopic (exact) mass is 258 g/mol. The van der Waals surface area contributed by atoms with Crippen LogP contribution in [-0.4, -0.2) is 24.3 Å². The van der Waals surface area contributed by atoms with E-state index in [1.165, 1.54) is 0 Å². The Bertz CT molecular complexity index is 327. The molecular weight excluding hydrogens is 248 g/mol. The van der Waals surface area contributed by atoms with Gasteiger partial charge in [-0.3, -0.25) is 0 Å². The number of ether oxygens (including phenoxy) is 2. The van der Waals surface area contributed by atoms with Gasteiger partial charge in [-0.2, -0.15) is 0 Å². The van der Waals surface area contributed by atoms with Crippen LogP contribution in [0.1, 0.15) is 6.42 Å². The summed E-state index contributed by atoms with van der Waals surface area (Å²) in [5, 5.41) is 0. The molecule has 5 heteroatoms. The molecule has 1 fully saturated rings. The highest BCUT2D eigenvalue weighted by molar-refractivity contribution is 9.10. The second-order valence-electron chi connectivity index (χ2n) is 3.12. The summed E-state index contributed by atoms with van der Waals surface area (Å²) in [7, 11) is 0. The van der Waals surface area contributed by atoms with E-state index in [0.29, 0.717) is 22.6 Å². The van der Waals surface area contributed by atoms with Crippen LogP contribution in [0, 0.1) is 0 Å². The summed E-state index contributed by atoms with van der Waals surface area (Å²) >= 11 is 3.33. The molecule has 0 amide bonds. The number of hydrogen-bond acceptors (Lipinski definition) is 4. The quantitative estimate of drug-likeness (QED) is 0.876. The Morgan fingerprint density at radius 3 is 3.21 bits per heavy atom. The van der Waals surface area contributed by atoms with Gasteiger partial charge in [-0.05, 0) is 22.0 Å². The maximum absolute atomic E-state index is 5.70. The number of aromatic nitrogens is 1. The predicted molar refractivity (Wildman–Crippen MR) is 56.2 cm³/mol. The van der Waals surface area contributed by atoms with Crippen LogP contribution in [-0.2, 0) is 4.74 Å². The van der Waals surface area contributed by atoms with Gasteiger partial charge < -0.3 is 15.2 Å². The third-order valence-electron chi connectivity index (χ3n) is 2.05. The maximum atomic E-state index is 5.70. The number of halogens is 1. The fraction of sp³-hybridized carbons (Fsp3) is 0.444. The molecule has 76 valence electrons. The number of nitrogens with two attached hydrogens (primary N) is 1. The molecule has 0 spiro atoms. The lowest BCUT2D eigenvalue weighted by molar-refractivity contribution is 0.137. The average Bonchev–Trinajstić information content (AvgIpc) is 2.66. The van der Waals surface area contributed by atoms with Gasteiger partial charge in [-0.15, -0.1) is 0 Å². The number of nitrogens with zero attached hydrogens (tertiary/aromatic N) is 1. The molecule has 0 bridgehead atoms. The first-order valence-electron chi connectivity index (χ1n) is 4.42. The van der Waals surface area contributed by atoms with Crippen molar-refractivity contribution in [3.8, 4) is 5.88 Å². The molecule has 1 aliphatic rings. The van der Waals surface area contributed by atoms with Crippen molar-refractivity contribution in [2.75, 3.05) is 18.9 Å². The summed E-state index contributed by atoms with van der Waals surface area (Å²) in [6.45, 7) is 1.38. The van der Waals surface area contributed by atoms with E-state index < -0.39 is 0 Å². The van der Waals surface area contributed by atoms with Gasteiger partial charge in [-0.25, -0.2) is 4.98 Å². The molecule has 1 atom stereocenters. The average molecular weight is 259 g/mol. The number of nitrogen functional groups attached to an aromatic ring is 1. The van der Waals surface area contributed by atoms with Gasteiger partial charge in [-0.1, -0.05) is 0 Å². The van der Waals surface area contributed by atoms with Crippen molar-refractivity contribution in [2.24, 2.45) is 0 Å². The predicted octanol–water partition coefficient (Wildman–Crippen LogP) is 1.59. The van der Waals surface area contributed by atoms with E-state index in [1.54, 1.807) is 12.3 Å². The van der Waals surface area contributed by atoms with Crippen LogP contribution in [0.4, 0.5) is 5.69 Å². The summed E-state index contributed by atoms with van der Waals surface area (Å²) in [6, 6.07) is 1.72. The molecule has 0 radical (unpaired) electrons. The molecular formula is C9H11BrN2O2. The Labute approximate surface area is 90.5 Å². The van der Waals surface area contributed by atoms with E-state index in [9.17, 15) is 0 Å². The van der Waals surface area contributed by atoms with Crippen molar-refractivity contribution in [1.82, 2.24) is 4.98 Å². The largest absolute Gasteiger partial charge is 0.471 e. The Balaban J connectivity index is 2.11. The van der Waals surface area contributed by atoms with Crippen LogP contribution >= 0.6 is 15.9 Å². The van der Waals surface area contributed by atoms with Gasteiger partial charge in [0.25, 0.3) is 0 Å². The SMILES string of the molecule is Nc1ccnc(OC2CCOC2)c1Br. The van der Waals surface area contributed by atoms with Crippen molar-refractivity contribution in [1.29, 1.82) is 0 Å². The highest BCUT2D eigenvalue weighted by Crippen LogP contribution is 2.29. The van der Waals surface area contributed by atoms with Gasteiger partial charge in [0.15, 0.2) is 0 Å². The van der Waals surface area contributed by atoms with Crippen LogP contribution in [0.2, 0.25) is 0 Å². The van der Waals surface area contributed by atoms with Gasteiger partial charge in [0.1, 0.15) is 10.6 Å². The van der Waals surface area contributed by atoms with Gasteiger partial charge in [0, 0.05) is 12.6 Å². The van der Waals surface area contributed by atoms with Crippen molar-refractivity contribution in [2.45, 2.75) is 12.5 Å². The van der Waals surface area contributed by atoms with Crippen molar-refractivity contribution < 1.29 is 9.47 Å². The minimum atomic E-state index is 0.0978. The molecule has 0 aliphatic carbocycles. The highest BCUT2D eigenvalue weighted by atomic mass is 79.9. The first-order valence-corrected chi connectivity index (χ1v) is 5.21. The summed E-state index contributed by atoms with van der Waals surface area (Å²) in [6.07, 6.45) is 2.63. The zero-order chi connectivity index (χ0) is 9.97. The second-order valence-corrected chi connectivity index (χ2v) is 3.92. The maximum Gasteiger partial charge on any atom is 0.230 e. The van der Waals surface area contributed by atoms with E-state index in [2.05, 4.69) is 20.9 Å². The molecule has 1 saturated heterocycles. The Kier molecular flexibility index (Phi) is 2.88.